The van der Waals surface area contributed by atoms with Crippen LogP contribution in [0.4, 0.5) is 0 Å². The van der Waals surface area contributed by atoms with Crippen LogP contribution in [0.3, 0.4) is 0 Å². The standard InChI is InChI=1S/C23H38O4/c1-2-3-4-5-6-7-8-9-10-11-12-13-14-15-16-17-18-19-23(26)27-21-22(25)20-24/h6-7,9-10,12-13,15-16,22,24-25H,2-5,8,11,14,17-21H2,1H3/t22-/m1/s1. The van der Waals surface area contributed by atoms with Crippen molar-refractivity contribution in [1.82, 2.24) is 0 Å². The van der Waals surface area contributed by atoms with Gasteiger partial charge in [-0.2, -0.15) is 0 Å². The molecule has 0 aliphatic heterocycles. The number of hydrogen-bond donors (Lipinski definition) is 2. The van der Waals surface area contributed by atoms with E-state index in [1.54, 1.807) is 0 Å². The molecule has 0 aromatic heterocycles. The van der Waals surface area contributed by atoms with Crippen LogP contribution in [-0.4, -0.2) is 35.5 Å². The first-order chi connectivity index (χ1) is 13.2. The molecular formula is C23H38O4. The molecule has 0 spiro atoms. The number of aliphatic hydroxyl groups is 2. The van der Waals surface area contributed by atoms with Crippen LogP contribution < -0.4 is 0 Å². The molecule has 2 N–H and O–H groups in total. The van der Waals surface area contributed by atoms with Gasteiger partial charge in [0.2, 0.25) is 0 Å². The molecule has 0 unspecified atom stereocenters. The minimum Gasteiger partial charge on any atom is -0.463 e. The summed E-state index contributed by atoms with van der Waals surface area (Å²) < 4.78 is 4.83. The Balaban J connectivity index is 3.49. The van der Waals surface area contributed by atoms with E-state index in [2.05, 4.69) is 55.5 Å². The van der Waals surface area contributed by atoms with Crippen LogP contribution in [0.5, 0.6) is 0 Å². The summed E-state index contributed by atoms with van der Waals surface area (Å²) in [6, 6.07) is 0. The molecule has 0 aromatic carbocycles. The summed E-state index contributed by atoms with van der Waals surface area (Å²) in [5, 5.41) is 17.7. The van der Waals surface area contributed by atoms with E-state index in [9.17, 15) is 4.79 Å². The zero-order valence-electron chi connectivity index (χ0n) is 16.9. The Morgan fingerprint density at radius 3 is 1.89 bits per heavy atom. The minimum absolute atomic E-state index is 0.139. The summed E-state index contributed by atoms with van der Waals surface area (Å²) in [4.78, 5) is 11.4. The predicted molar refractivity (Wildman–Crippen MR) is 112 cm³/mol. The van der Waals surface area contributed by atoms with Crippen molar-refractivity contribution in [2.45, 2.75) is 77.2 Å². The van der Waals surface area contributed by atoms with Crippen LogP contribution in [0.2, 0.25) is 0 Å². The average molecular weight is 379 g/mol. The van der Waals surface area contributed by atoms with Crippen molar-refractivity contribution in [3.8, 4) is 0 Å². The molecule has 0 radical (unpaired) electrons. The molecule has 0 aliphatic rings. The van der Waals surface area contributed by atoms with Crippen molar-refractivity contribution in [2.75, 3.05) is 13.2 Å². The van der Waals surface area contributed by atoms with Crippen LogP contribution in [0.25, 0.3) is 0 Å². The summed E-state index contributed by atoms with van der Waals surface area (Å²) in [6.07, 6.45) is 26.3. The molecule has 0 rings (SSSR count). The summed E-state index contributed by atoms with van der Waals surface area (Å²) in [5.74, 6) is -0.335. The van der Waals surface area contributed by atoms with Gasteiger partial charge in [0.25, 0.3) is 0 Å². The van der Waals surface area contributed by atoms with E-state index in [0.717, 1.165) is 32.1 Å². The van der Waals surface area contributed by atoms with Gasteiger partial charge in [0.1, 0.15) is 12.7 Å². The Morgan fingerprint density at radius 2 is 1.37 bits per heavy atom. The summed E-state index contributed by atoms with van der Waals surface area (Å²) in [6.45, 7) is 1.69. The Kier molecular flexibility index (Phi) is 19.4. The third-order valence-corrected chi connectivity index (χ3v) is 3.86. The fraction of sp³-hybridized carbons (Fsp3) is 0.609. The Morgan fingerprint density at radius 1 is 0.852 bits per heavy atom. The van der Waals surface area contributed by atoms with Crippen molar-refractivity contribution in [1.29, 1.82) is 0 Å². The highest BCUT2D eigenvalue weighted by molar-refractivity contribution is 5.69. The zero-order chi connectivity index (χ0) is 20.0. The maximum atomic E-state index is 11.4. The molecule has 0 aromatic rings. The fourth-order valence-electron chi connectivity index (χ4n) is 2.24. The van der Waals surface area contributed by atoms with Gasteiger partial charge in [-0.3, -0.25) is 4.79 Å². The first-order valence-corrected chi connectivity index (χ1v) is 10.2. The minimum atomic E-state index is -0.984. The number of allylic oxidation sites excluding steroid dienone is 8. The van der Waals surface area contributed by atoms with Crippen LogP contribution in [0, 0.1) is 0 Å². The second-order valence-electron chi connectivity index (χ2n) is 6.50. The van der Waals surface area contributed by atoms with Gasteiger partial charge in [-0.15, -0.1) is 0 Å². The van der Waals surface area contributed by atoms with Crippen LogP contribution in [-0.2, 0) is 9.53 Å². The van der Waals surface area contributed by atoms with Crippen LogP contribution in [0.1, 0.15) is 71.1 Å². The summed E-state index contributed by atoms with van der Waals surface area (Å²) >= 11 is 0. The zero-order valence-corrected chi connectivity index (χ0v) is 16.9. The highest BCUT2D eigenvalue weighted by Gasteiger charge is 2.06. The maximum absolute atomic E-state index is 11.4. The van der Waals surface area contributed by atoms with Gasteiger partial charge < -0.3 is 14.9 Å². The maximum Gasteiger partial charge on any atom is 0.305 e. The molecular weight excluding hydrogens is 340 g/mol. The van der Waals surface area contributed by atoms with Crippen molar-refractivity contribution in [3.63, 3.8) is 0 Å². The average Bonchev–Trinajstić information content (AvgIpc) is 2.68. The number of ether oxygens (including phenoxy) is 1. The number of esters is 1. The lowest BCUT2D eigenvalue weighted by molar-refractivity contribution is -0.147. The van der Waals surface area contributed by atoms with Gasteiger partial charge in [-0.1, -0.05) is 68.4 Å². The Bertz CT molecular complexity index is 449. The monoisotopic (exact) mass is 378 g/mol. The lowest BCUT2D eigenvalue weighted by atomic mass is 10.2. The normalized spacial score (nSPS) is 13.4. The molecule has 27 heavy (non-hydrogen) atoms. The molecule has 0 heterocycles. The van der Waals surface area contributed by atoms with Crippen molar-refractivity contribution < 1.29 is 19.7 Å². The van der Waals surface area contributed by atoms with E-state index in [1.807, 2.05) is 0 Å². The van der Waals surface area contributed by atoms with Gasteiger partial charge in [-0.05, 0) is 44.9 Å². The fourth-order valence-corrected chi connectivity index (χ4v) is 2.24. The largest absolute Gasteiger partial charge is 0.463 e. The van der Waals surface area contributed by atoms with Gasteiger partial charge in [-0.25, -0.2) is 0 Å². The smallest absolute Gasteiger partial charge is 0.305 e. The van der Waals surface area contributed by atoms with Crippen molar-refractivity contribution >= 4 is 5.97 Å². The van der Waals surface area contributed by atoms with Crippen molar-refractivity contribution in [2.24, 2.45) is 0 Å². The Hall–Kier alpha value is -1.65. The van der Waals surface area contributed by atoms with Crippen molar-refractivity contribution in [3.05, 3.63) is 48.6 Å². The third-order valence-electron chi connectivity index (χ3n) is 3.86. The van der Waals surface area contributed by atoms with Crippen LogP contribution >= 0.6 is 0 Å². The highest BCUT2D eigenvalue weighted by Crippen LogP contribution is 2.02. The SMILES string of the molecule is CCCCCC=CCC=CCC=CCC=CCCCC(=O)OC[C@H](O)CO. The molecule has 0 aliphatic carbocycles. The highest BCUT2D eigenvalue weighted by atomic mass is 16.5. The second-order valence-corrected chi connectivity index (χ2v) is 6.50. The van der Waals surface area contributed by atoms with E-state index in [-0.39, 0.29) is 12.6 Å². The first kappa shape index (κ1) is 25.4. The predicted octanol–water partition coefficient (Wildman–Crippen LogP) is 5.03. The van der Waals surface area contributed by atoms with E-state index < -0.39 is 12.7 Å². The van der Waals surface area contributed by atoms with E-state index in [4.69, 9.17) is 14.9 Å². The third kappa shape index (κ3) is 20.5. The molecule has 0 bridgehead atoms. The van der Waals surface area contributed by atoms with Crippen LogP contribution in [0.15, 0.2) is 48.6 Å². The molecule has 4 heteroatoms. The Labute approximate surface area is 165 Å². The number of hydrogen-bond acceptors (Lipinski definition) is 4. The quantitative estimate of drug-likeness (QED) is 0.212. The van der Waals surface area contributed by atoms with E-state index >= 15 is 0 Å². The van der Waals surface area contributed by atoms with E-state index in [1.165, 1.54) is 25.7 Å². The molecule has 0 saturated heterocycles. The van der Waals surface area contributed by atoms with Gasteiger partial charge >= 0.3 is 5.97 Å². The molecule has 154 valence electrons. The number of unbranched alkanes of at least 4 members (excludes halogenated alkanes) is 4. The molecule has 1 atom stereocenters. The number of aliphatic hydroxyl groups excluding tert-OH is 2. The molecule has 4 nitrogen and oxygen atoms in total. The lowest BCUT2D eigenvalue weighted by Gasteiger charge is -2.07. The van der Waals surface area contributed by atoms with Gasteiger partial charge in [0, 0.05) is 6.42 Å². The second kappa shape index (κ2) is 20.7. The number of carbonyl (C=O) groups is 1. The first-order valence-electron chi connectivity index (χ1n) is 10.2. The molecule has 0 saturated carbocycles. The van der Waals surface area contributed by atoms with Gasteiger partial charge in [0.05, 0.1) is 6.61 Å². The summed E-state index contributed by atoms with van der Waals surface area (Å²) in [5.41, 5.74) is 0. The molecule has 0 amide bonds. The topological polar surface area (TPSA) is 66.8 Å². The number of carbonyl (C=O) groups excluding carboxylic acids is 1. The summed E-state index contributed by atoms with van der Waals surface area (Å²) in [7, 11) is 0. The lowest BCUT2D eigenvalue weighted by Crippen LogP contribution is -2.21. The van der Waals surface area contributed by atoms with Gasteiger partial charge in [0.15, 0.2) is 0 Å². The van der Waals surface area contributed by atoms with E-state index in [0.29, 0.717) is 6.42 Å². The number of rotatable bonds is 17. The molecule has 0 fully saturated rings.